The van der Waals surface area contributed by atoms with E-state index in [4.69, 9.17) is 10.8 Å². The van der Waals surface area contributed by atoms with Crippen molar-refractivity contribution in [3.8, 4) is 0 Å². The Morgan fingerprint density at radius 2 is 1.87 bits per heavy atom. The lowest BCUT2D eigenvalue weighted by Crippen LogP contribution is -2.50. The molecule has 88 valence electrons. The molecule has 0 rings (SSSR count). The molecule has 15 heavy (non-hydrogen) atoms. The summed E-state index contributed by atoms with van der Waals surface area (Å²) in [4.78, 5) is 22.2. The Hall–Kier alpha value is -1.10. The molecule has 0 fully saturated rings. The fourth-order valence-electron chi connectivity index (χ4n) is 1.12. The second-order valence-corrected chi connectivity index (χ2v) is 3.72. The summed E-state index contributed by atoms with van der Waals surface area (Å²) in [5.74, 6) is -1.36. The van der Waals surface area contributed by atoms with Gasteiger partial charge in [0, 0.05) is 0 Å². The average Bonchev–Trinajstić information content (AvgIpc) is 2.22. The first kappa shape index (κ1) is 13.9. The van der Waals surface area contributed by atoms with Crippen LogP contribution in [0.5, 0.6) is 0 Å². The number of hydrogen-bond acceptors (Lipinski definition) is 3. The van der Waals surface area contributed by atoms with Crippen LogP contribution < -0.4 is 11.1 Å². The Kier molecular flexibility index (Phi) is 5.93. The van der Waals surface area contributed by atoms with Crippen molar-refractivity contribution in [1.82, 2.24) is 5.32 Å². The highest BCUT2D eigenvalue weighted by Gasteiger charge is 2.24. The van der Waals surface area contributed by atoms with Gasteiger partial charge in [-0.2, -0.15) is 0 Å². The van der Waals surface area contributed by atoms with Crippen molar-refractivity contribution in [2.45, 2.75) is 45.7 Å². The Labute approximate surface area is 90.0 Å². The van der Waals surface area contributed by atoms with E-state index in [9.17, 15) is 9.59 Å². The minimum Gasteiger partial charge on any atom is -0.480 e. The predicted molar refractivity (Wildman–Crippen MR) is 57.3 cm³/mol. The van der Waals surface area contributed by atoms with Gasteiger partial charge in [0.15, 0.2) is 0 Å². The number of nitrogens with two attached hydrogens (primary N) is 1. The number of hydrogen-bond donors (Lipinski definition) is 3. The molecule has 4 N–H and O–H groups in total. The standard InChI is InChI=1S/C10H20N2O3/c1-4-6(3)8(11)9(13)12-7(5-2)10(14)15/h6-8H,4-5,11H2,1-3H3,(H,12,13)(H,14,15)/t6?,7?,8-/m0/s1. The average molecular weight is 216 g/mol. The van der Waals surface area contributed by atoms with Crippen molar-refractivity contribution < 1.29 is 14.7 Å². The molecular weight excluding hydrogens is 196 g/mol. The van der Waals surface area contributed by atoms with Gasteiger partial charge in [0.2, 0.25) is 5.91 Å². The quantitative estimate of drug-likeness (QED) is 0.597. The molecule has 0 aliphatic carbocycles. The molecule has 2 unspecified atom stereocenters. The zero-order valence-electron chi connectivity index (χ0n) is 9.49. The highest BCUT2D eigenvalue weighted by Crippen LogP contribution is 2.05. The van der Waals surface area contributed by atoms with Crippen molar-refractivity contribution in [2.24, 2.45) is 11.7 Å². The van der Waals surface area contributed by atoms with E-state index >= 15 is 0 Å². The molecule has 5 heteroatoms. The van der Waals surface area contributed by atoms with Crippen LogP contribution in [0.4, 0.5) is 0 Å². The molecule has 0 aliphatic heterocycles. The number of carbonyl (C=O) groups excluding carboxylic acids is 1. The smallest absolute Gasteiger partial charge is 0.326 e. The highest BCUT2D eigenvalue weighted by molar-refractivity contribution is 5.86. The highest BCUT2D eigenvalue weighted by atomic mass is 16.4. The maximum Gasteiger partial charge on any atom is 0.326 e. The largest absolute Gasteiger partial charge is 0.480 e. The number of aliphatic carboxylic acids is 1. The van der Waals surface area contributed by atoms with E-state index in [1.807, 2.05) is 13.8 Å². The van der Waals surface area contributed by atoms with Crippen LogP contribution in [-0.4, -0.2) is 29.1 Å². The molecule has 0 aromatic heterocycles. The van der Waals surface area contributed by atoms with Gasteiger partial charge in [-0.25, -0.2) is 4.79 Å². The first-order chi connectivity index (χ1) is 6.93. The monoisotopic (exact) mass is 216 g/mol. The van der Waals surface area contributed by atoms with E-state index in [0.29, 0.717) is 6.42 Å². The Balaban J connectivity index is 4.28. The van der Waals surface area contributed by atoms with Crippen LogP contribution in [0.2, 0.25) is 0 Å². The van der Waals surface area contributed by atoms with Gasteiger partial charge >= 0.3 is 5.97 Å². The lowest BCUT2D eigenvalue weighted by atomic mass is 9.99. The molecule has 0 radical (unpaired) electrons. The van der Waals surface area contributed by atoms with Crippen LogP contribution in [0.3, 0.4) is 0 Å². The molecule has 3 atom stereocenters. The van der Waals surface area contributed by atoms with Gasteiger partial charge < -0.3 is 16.2 Å². The molecule has 0 aromatic rings. The van der Waals surface area contributed by atoms with Gasteiger partial charge in [0.1, 0.15) is 6.04 Å². The molecule has 0 aromatic carbocycles. The third-order valence-corrected chi connectivity index (χ3v) is 2.58. The Morgan fingerprint density at radius 3 is 2.20 bits per heavy atom. The van der Waals surface area contributed by atoms with E-state index in [1.165, 1.54) is 0 Å². The maximum atomic E-state index is 11.5. The topological polar surface area (TPSA) is 92.4 Å². The van der Waals surface area contributed by atoms with Crippen molar-refractivity contribution in [1.29, 1.82) is 0 Å². The zero-order valence-corrected chi connectivity index (χ0v) is 9.49. The zero-order chi connectivity index (χ0) is 12.0. The Morgan fingerprint density at radius 1 is 1.33 bits per heavy atom. The summed E-state index contributed by atoms with van der Waals surface area (Å²) in [5, 5.41) is 11.2. The van der Waals surface area contributed by atoms with E-state index in [0.717, 1.165) is 6.42 Å². The first-order valence-corrected chi connectivity index (χ1v) is 5.22. The molecule has 0 saturated heterocycles. The van der Waals surface area contributed by atoms with E-state index in [-0.39, 0.29) is 5.92 Å². The number of carbonyl (C=O) groups is 2. The van der Waals surface area contributed by atoms with Gasteiger partial charge in [-0.1, -0.05) is 27.2 Å². The van der Waals surface area contributed by atoms with Crippen molar-refractivity contribution >= 4 is 11.9 Å². The summed E-state index contributed by atoms with van der Waals surface area (Å²) in [6.07, 6.45) is 1.15. The summed E-state index contributed by atoms with van der Waals surface area (Å²) in [7, 11) is 0. The molecule has 0 bridgehead atoms. The van der Waals surface area contributed by atoms with Crippen LogP contribution in [0.25, 0.3) is 0 Å². The molecule has 5 nitrogen and oxygen atoms in total. The van der Waals surface area contributed by atoms with Crippen molar-refractivity contribution in [3.05, 3.63) is 0 Å². The summed E-state index contributed by atoms with van der Waals surface area (Å²) < 4.78 is 0. The number of rotatable bonds is 6. The number of nitrogens with one attached hydrogen (secondary N) is 1. The normalized spacial score (nSPS) is 16.5. The van der Waals surface area contributed by atoms with Gasteiger partial charge in [-0.3, -0.25) is 4.79 Å². The van der Waals surface area contributed by atoms with Crippen LogP contribution in [-0.2, 0) is 9.59 Å². The summed E-state index contributed by atoms with van der Waals surface area (Å²) >= 11 is 0. The molecule has 0 saturated carbocycles. The second-order valence-electron chi connectivity index (χ2n) is 3.72. The lowest BCUT2D eigenvalue weighted by Gasteiger charge is -2.20. The van der Waals surface area contributed by atoms with Gasteiger partial charge in [0.05, 0.1) is 6.04 Å². The van der Waals surface area contributed by atoms with E-state index in [1.54, 1.807) is 6.92 Å². The van der Waals surface area contributed by atoms with Crippen LogP contribution in [0.15, 0.2) is 0 Å². The van der Waals surface area contributed by atoms with Crippen molar-refractivity contribution in [3.63, 3.8) is 0 Å². The number of carboxylic acid groups (broad SMARTS) is 1. The lowest BCUT2D eigenvalue weighted by molar-refractivity contribution is -0.142. The number of amides is 1. The van der Waals surface area contributed by atoms with Crippen LogP contribution in [0, 0.1) is 5.92 Å². The summed E-state index contributed by atoms with van der Waals surface area (Å²) in [5.41, 5.74) is 5.67. The van der Waals surface area contributed by atoms with Gasteiger partial charge in [-0.15, -0.1) is 0 Å². The first-order valence-electron chi connectivity index (χ1n) is 5.22. The van der Waals surface area contributed by atoms with E-state index < -0.39 is 24.0 Å². The van der Waals surface area contributed by atoms with Gasteiger partial charge in [0.25, 0.3) is 0 Å². The van der Waals surface area contributed by atoms with Crippen LogP contribution >= 0.6 is 0 Å². The molecule has 0 spiro atoms. The Bertz CT molecular complexity index is 231. The van der Waals surface area contributed by atoms with Gasteiger partial charge in [-0.05, 0) is 12.3 Å². The SMILES string of the molecule is CCC(NC(=O)[C@@H](N)C(C)CC)C(=O)O. The summed E-state index contributed by atoms with van der Waals surface area (Å²) in [6.45, 7) is 5.51. The fraction of sp³-hybridized carbons (Fsp3) is 0.800. The summed E-state index contributed by atoms with van der Waals surface area (Å²) in [6, 6.07) is -1.48. The third kappa shape index (κ3) is 4.29. The molecule has 1 amide bonds. The molecular formula is C10H20N2O3. The fourth-order valence-corrected chi connectivity index (χ4v) is 1.12. The third-order valence-electron chi connectivity index (χ3n) is 2.58. The minimum absolute atomic E-state index is 0.0521. The number of carboxylic acids is 1. The molecule has 0 heterocycles. The predicted octanol–water partition coefficient (Wildman–Crippen LogP) is 0.339. The minimum atomic E-state index is -1.03. The van der Waals surface area contributed by atoms with Crippen LogP contribution in [0.1, 0.15) is 33.6 Å². The maximum absolute atomic E-state index is 11.5. The van der Waals surface area contributed by atoms with Crippen molar-refractivity contribution in [2.75, 3.05) is 0 Å². The second kappa shape index (κ2) is 6.40. The van der Waals surface area contributed by atoms with E-state index in [2.05, 4.69) is 5.32 Å². The molecule has 0 aliphatic rings.